The molecule has 0 spiro atoms. The van der Waals surface area contributed by atoms with Gasteiger partial charge in [0.1, 0.15) is 5.69 Å². The Bertz CT molecular complexity index is 571. The summed E-state index contributed by atoms with van der Waals surface area (Å²) in [5, 5.41) is 17.0. The van der Waals surface area contributed by atoms with Gasteiger partial charge in [0.25, 0.3) is 11.6 Å². The van der Waals surface area contributed by atoms with Crippen LogP contribution in [-0.4, -0.2) is 23.4 Å². The summed E-state index contributed by atoms with van der Waals surface area (Å²) in [5.74, 6) is 0.296. The summed E-state index contributed by atoms with van der Waals surface area (Å²) in [6.07, 6.45) is 1.88. The van der Waals surface area contributed by atoms with E-state index >= 15 is 0 Å². The Morgan fingerprint density at radius 1 is 1.48 bits per heavy atom. The number of rotatable bonds is 5. The second-order valence-electron chi connectivity index (χ2n) is 5.39. The van der Waals surface area contributed by atoms with Crippen molar-refractivity contribution in [2.24, 2.45) is 5.92 Å². The number of anilines is 1. The average molecular weight is 312 g/mol. The lowest BCUT2D eigenvalue weighted by molar-refractivity contribution is -0.384. The fraction of sp³-hybridized carbons (Fsp3) is 0.500. The molecule has 1 aliphatic carbocycles. The van der Waals surface area contributed by atoms with Crippen LogP contribution in [0.5, 0.6) is 0 Å². The predicted molar refractivity (Wildman–Crippen MR) is 81.9 cm³/mol. The molecule has 1 aromatic rings. The molecule has 2 rings (SSSR count). The maximum atomic E-state index is 12.1. The standard InChI is InChI=1S/C14H18ClN3O3/c1-3-16-13-11(15)6-9(7-12(13)18(20)21)14(19)17-10-4-8(2)5-10/h6-8,10,16H,3-5H2,1-2H3,(H,17,19). The first-order valence-corrected chi connectivity index (χ1v) is 7.32. The van der Waals surface area contributed by atoms with Gasteiger partial charge in [0, 0.05) is 24.2 Å². The van der Waals surface area contributed by atoms with Crippen LogP contribution in [0.15, 0.2) is 12.1 Å². The van der Waals surface area contributed by atoms with Crippen molar-refractivity contribution in [1.29, 1.82) is 0 Å². The number of halogens is 1. The largest absolute Gasteiger partial charge is 0.379 e. The molecule has 0 unspecified atom stereocenters. The molecule has 2 N–H and O–H groups in total. The number of nitro benzene ring substituents is 1. The van der Waals surface area contributed by atoms with Crippen molar-refractivity contribution in [2.75, 3.05) is 11.9 Å². The van der Waals surface area contributed by atoms with Gasteiger partial charge in [0.15, 0.2) is 0 Å². The predicted octanol–water partition coefficient (Wildman–Crippen LogP) is 3.21. The van der Waals surface area contributed by atoms with Crippen molar-refractivity contribution >= 4 is 28.9 Å². The Morgan fingerprint density at radius 3 is 2.67 bits per heavy atom. The van der Waals surface area contributed by atoms with E-state index in [4.69, 9.17) is 11.6 Å². The van der Waals surface area contributed by atoms with E-state index in [1.807, 2.05) is 6.92 Å². The molecule has 0 aliphatic heterocycles. The van der Waals surface area contributed by atoms with Crippen LogP contribution in [0.25, 0.3) is 0 Å². The molecule has 1 saturated carbocycles. The molecule has 0 radical (unpaired) electrons. The Labute approximate surface area is 128 Å². The van der Waals surface area contributed by atoms with Crippen LogP contribution in [0.2, 0.25) is 5.02 Å². The molecule has 114 valence electrons. The summed E-state index contributed by atoms with van der Waals surface area (Å²) >= 11 is 6.06. The zero-order valence-electron chi connectivity index (χ0n) is 12.0. The van der Waals surface area contributed by atoms with E-state index in [1.54, 1.807) is 0 Å². The first-order valence-electron chi connectivity index (χ1n) is 6.95. The third kappa shape index (κ3) is 3.44. The Morgan fingerprint density at radius 2 is 2.14 bits per heavy atom. The van der Waals surface area contributed by atoms with Crippen LogP contribution in [0, 0.1) is 16.0 Å². The van der Waals surface area contributed by atoms with Crippen LogP contribution in [0.3, 0.4) is 0 Å². The van der Waals surface area contributed by atoms with Gasteiger partial charge in [-0.1, -0.05) is 18.5 Å². The molecule has 0 atom stereocenters. The molecule has 1 aliphatic rings. The van der Waals surface area contributed by atoms with Gasteiger partial charge in [0.05, 0.1) is 9.95 Å². The van der Waals surface area contributed by atoms with Gasteiger partial charge in [-0.25, -0.2) is 0 Å². The fourth-order valence-electron chi connectivity index (χ4n) is 2.51. The summed E-state index contributed by atoms with van der Waals surface area (Å²) in [6, 6.07) is 2.88. The summed E-state index contributed by atoms with van der Waals surface area (Å²) < 4.78 is 0. The molecule has 7 heteroatoms. The van der Waals surface area contributed by atoms with E-state index in [-0.39, 0.29) is 33.9 Å². The first kappa shape index (κ1) is 15.6. The molecule has 0 heterocycles. The quantitative estimate of drug-likeness (QED) is 0.646. The number of carbonyl (C=O) groups excluding carboxylic acids is 1. The number of amides is 1. The minimum absolute atomic E-state index is 0.152. The van der Waals surface area contributed by atoms with E-state index in [0.717, 1.165) is 12.8 Å². The van der Waals surface area contributed by atoms with Gasteiger partial charge in [-0.15, -0.1) is 0 Å². The van der Waals surface area contributed by atoms with Crippen LogP contribution in [0.1, 0.15) is 37.0 Å². The highest BCUT2D eigenvalue weighted by molar-refractivity contribution is 6.34. The van der Waals surface area contributed by atoms with Gasteiger partial charge < -0.3 is 10.6 Å². The number of nitrogens with one attached hydrogen (secondary N) is 2. The van der Waals surface area contributed by atoms with E-state index in [9.17, 15) is 14.9 Å². The highest BCUT2D eigenvalue weighted by Crippen LogP contribution is 2.34. The second-order valence-corrected chi connectivity index (χ2v) is 5.79. The van der Waals surface area contributed by atoms with Crippen LogP contribution < -0.4 is 10.6 Å². The van der Waals surface area contributed by atoms with Crippen molar-refractivity contribution in [3.8, 4) is 0 Å². The summed E-state index contributed by atoms with van der Waals surface area (Å²) in [5.41, 5.74) is 0.280. The SMILES string of the molecule is CCNc1c(Cl)cc(C(=O)NC2CC(C)C2)cc1[N+](=O)[O-]. The highest BCUT2D eigenvalue weighted by Gasteiger charge is 2.28. The van der Waals surface area contributed by atoms with Crippen LogP contribution >= 0.6 is 11.6 Å². The lowest BCUT2D eigenvalue weighted by atomic mass is 9.82. The number of benzene rings is 1. The van der Waals surface area contributed by atoms with Crippen molar-refractivity contribution in [1.82, 2.24) is 5.32 Å². The van der Waals surface area contributed by atoms with E-state index < -0.39 is 4.92 Å². The number of hydrogen-bond donors (Lipinski definition) is 2. The monoisotopic (exact) mass is 311 g/mol. The summed E-state index contributed by atoms with van der Waals surface area (Å²) in [6.45, 7) is 4.44. The minimum Gasteiger partial charge on any atom is -0.379 e. The number of nitrogens with zero attached hydrogens (tertiary/aromatic N) is 1. The molecular weight excluding hydrogens is 294 g/mol. The molecular formula is C14H18ClN3O3. The molecule has 1 amide bonds. The smallest absolute Gasteiger partial charge is 0.294 e. The highest BCUT2D eigenvalue weighted by atomic mass is 35.5. The van der Waals surface area contributed by atoms with Crippen molar-refractivity contribution in [2.45, 2.75) is 32.7 Å². The molecule has 1 fully saturated rings. The Hall–Kier alpha value is -1.82. The third-order valence-electron chi connectivity index (χ3n) is 3.59. The summed E-state index contributed by atoms with van der Waals surface area (Å²) in [4.78, 5) is 22.7. The molecule has 21 heavy (non-hydrogen) atoms. The van der Waals surface area contributed by atoms with E-state index in [1.165, 1.54) is 12.1 Å². The molecule has 0 aromatic heterocycles. The van der Waals surface area contributed by atoms with Crippen molar-refractivity contribution in [3.63, 3.8) is 0 Å². The van der Waals surface area contributed by atoms with Gasteiger partial charge in [-0.05, 0) is 31.7 Å². The zero-order chi connectivity index (χ0) is 15.6. The minimum atomic E-state index is -0.536. The Kier molecular flexibility index (Phi) is 4.67. The van der Waals surface area contributed by atoms with Crippen LogP contribution in [-0.2, 0) is 0 Å². The first-order chi connectivity index (χ1) is 9.92. The van der Waals surface area contributed by atoms with Crippen molar-refractivity contribution < 1.29 is 9.72 Å². The van der Waals surface area contributed by atoms with Crippen molar-refractivity contribution in [3.05, 3.63) is 32.8 Å². The molecule has 0 bridgehead atoms. The van der Waals surface area contributed by atoms with Crippen LogP contribution in [0.4, 0.5) is 11.4 Å². The number of carbonyl (C=O) groups is 1. The molecule has 0 saturated heterocycles. The lowest BCUT2D eigenvalue weighted by Gasteiger charge is -2.33. The van der Waals surface area contributed by atoms with Gasteiger partial charge in [-0.2, -0.15) is 0 Å². The zero-order valence-corrected chi connectivity index (χ0v) is 12.7. The lowest BCUT2D eigenvalue weighted by Crippen LogP contribution is -2.43. The molecule has 1 aromatic carbocycles. The van der Waals surface area contributed by atoms with Gasteiger partial charge >= 0.3 is 0 Å². The topological polar surface area (TPSA) is 84.3 Å². The number of hydrogen-bond acceptors (Lipinski definition) is 4. The Balaban J connectivity index is 2.23. The maximum absolute atomic E-state index is 12.1. The van der Waals surface area contributed by atoms with Gasteiger partial charge in [-0.3, -0.25) is 14.9 Å². The molecule has 6 nitrogen and oxygen atoms in total. The maximum Gasteiger partial charge on any atom is 0.294 e. The van der Waals surface area contributed by atoms with E-state index in [0.29, 0.717) is 12.5 Å². The average Bonchev–Trinajstić information content (AvgIpc) is 2.38. The summed E-state index contributed by atoms with van der Waals surface area (Å²) in [7, 11) is 0. The van der Waals surface area contributed by atoms with Gasteiger partial charge in [0.2, 0.25) is 0 Å². The fourth-order valence-corrected chi connectivity index (χ4v) is 2.79. The van der Waals surface area contributed by atoms with E-state index in [2.05, 4.69) is 17.6 Å². The number of nitro groups is 1. The normalized spacial score (nSPS) is 20.5. The second kappa shape index (κ2) is 6.30. The third-order valence-corrected chi connectivity index (χ3v) is 3.89.